The molecule has 41 heavy (non-hydrogen) atoms. The van der Waals surface area contributed by atoms with Crippen LogP contribution in [0.3, 0.4) is 0 Å². The van der Waals surface area contributed by atoms with Gasteiger partial charge in [-0.3, -0.25) is 14.5 Å². The van der Waals surface area contributed by atoms with Crippen LogP contribution in [0.1, 0.15) is 45.7 Å². The van der Waals surface area contributed by atoms with Crippen LogP contribution in [0.15, 0.2) is 76.3 Å². The molecule has 0 saturated heterocycles. The third kappa shape index (κ3) is 10.7. The molecule has 0 aliphatic rings. The van der Waals surface area contributed by atoms with Gasteiger partial charge in [0.2, 0.25) is 0 Å². The Labute approximate surface area is 250 Å². The van der Waals surface area contributed by atoms with Crippen LogP contribution in [0, 0.1) is 0 Å². The highest BCUT2D eigenvalue weighted by Crippen LogP contribution is 2.22. The Kier molecular flexibility index (Phi) is 13.5. The van der Waals surface area contributed by atoms with E-state index in [2.05, 4.69) is 36.7 Å². The first kappa shape index (κ1) is 32.0. The fourth-order valence-electron chi connectivity index (χ4n) is 3.92. The monoisotopic (exact) mass is 624 g/mol. The highest BCUT2D eigenvalue weighted by atomic mass is 79.9. The lowest BCUT2D eigenvalue weighted by Gasteiger charge is -2.22. The van der Waals surface area contributed by atoms with Crippen molar-refractivity contribution in [1.29, 1.82) is 0 Å². The van der Waals surface area contributed by atoms with Gasteiger partial charge in [0.1, 0.15) is 5.75 Å². The Morgan fingerprint density at radius 2 is 1.63 bits per heavy atom. The van der Waals surface area contributed by atoms with Crippen molar-refractivity contribution < 1.29 is 23.8 Å². The lowest BCUT2D eigenvalue weighted by molar-refractivity contribution is 0.0798. The molecule has 0 aliphatic heterocycles. The van der Waals surface area contributed by atoms with Crippen molar-refractivity contribution in [2.45, 2.75) is 20.4 Å². The van der Waals surface area contributed by atoms with Crippen molar-refractivity contribution >= 4 is 39.6 Å². The number of nitrogens with zero attached hydrogens (tertiary/aromatic N) is 2. The van der Waals surface area contributed by atoms with Crippen LogP contribution in [0.25, 0.3) is 0 Å². The topological polar surface area (TPSA) is 101 Å². The van der Waals surface area contributed by atoms with E-state index in [4.69, 9.17) is 14.2 Å². The predicted molar refractivity (Wildman–Crippen MR) is 165 cm³/mol. The van der Waals surface area contributed by atoms with Crippen LogP contribution in [0.4, 0.5) is 5.69 Å². The third-order valence-electron chi connectivity index (χ3n) is 6.08. The number of benzene rings is 3. The molecule has 0 aromatic heterocycles. The zero-order valence-corrected chi connectivity index (χ0v) is 25.3. The Morgan fingerprint density at radius 1 is 0.927 bits per heavy atom. The normalized spacial score (nSPS) is 11.1. The molecular weight excluding hydrogens is 588 g/mol. The van der Waals surface area contributed by atoms with Crippen LogP contribution in [0.2, 0.25) is 0 Å². The second kappa shape index (κ2) is 17.3. The molecule has 3 aromatic rings. The number of hydrogen-bond acceptors (Lipinski definition) is 7. The quantitative estimate of drug-likeness (QED) is 0.127. The number of methoxy groups -OCH3 is 1. The molecule has 0 aliphatic carbocycles. The van der Waals surface area contributed by atoms with E-state index in [9.17, 15) is 9.59 Å². The molecule has 0 spiro atoms. The van der Waals surface area contributed by atoms with E-state index in [1.165, 1.54) is 6.21 Å². The minimum atomic E-state index is -0.463. The van der Waals surface area contributed by atoms with Gasteiger partial charge in [0, 0.05) is 42.9 Å². The molecule has 3 rings (SSSR count). The van der Waals surface area contributed by atoms with Gasteiger partial charge in [0.05, 0.1) is 37.8 Å². The number of amides is 2. The van der Waals surface area contributed by atoms with Gasteiger partial charge in [0.25, 0.3) is 11.8 Å². The maximum absolute atomic E-state index is 13.1. The summed E-state index contributed by atoms with van der Waals surface area (Å²) in [5.74, 6) is -0.0987. The number of halogens is 1. The Balaban J connectivity index is 1.64. The predicted octanol–water partition coefficient (Wildman–Crippen LogP) is 5.35. The second-order valence-electron chi connectivity index (χ2n) is 8.99. The van der Waals surface area contributed by atoms with Crippen molar-refractivity contribution in [3.8, 4) is 5.75 Å². The average Bonchev–Trinajstić information content (AvgIpc) is 2.98. The van der Waals surface area contributed by atoms with Crippen molar-refractivity contribution in [2.75, 3.05) is 51.9 Å². The lowest BCUT2D eigenvalue weighted by Crippen LogP contribution is -2.30. The van der Waals surface area contributed by atoms with Gasteiger partial charge < -0.3 is 19.5 Å². The molecule has 2 N–H and O–H groups in total. The number of anilines is 1. The maximum atomic E-state index is 13.1. The maximum Gasteiger partial charge on any atom is 0.273 e. The summed E-state index contributed by atoms with van der Waals surface area (Å²) in [5.41, 5.74) is 5.49. The van der Waals surface area contributed by atoms with E-state index < -0.39 is 5.91 Å². The van der Waals surface area contributed by atoms with Crippen LogP contribution in [0.5, 0.6) is 5.75 Å². The summed E-state index contributed by atoms with van der Waals surface area (Å²) < 4.78 is 16.9. The first-order valence-corrected chi connectivity index (χ1v) is 14.3. The minimum Gasteiger partial charge on any atom is -0.497 e. The van der Waals surface area contributed by atoms with Crippen LogP contribution < -0.4 is 15.5 Å². The summed E-state index contributed by atoms with van der Waals surface area (Å²) in [7, 11) is 1.58. The van der Waals surface area contributed by atoms with Crippen molar-refractivity contribution in [2.24, 2.45) is 5.10 Å². The van der Waals surface area contributed by atoms with E-state index in [0.29, 0.717) is 47.9 Å². The lowest BCUT2D eigenvalue weighted by atomic mass is 10.1. The molecule has 3 aromatic carbocycles. The highest BCUT2D eigenvalue weighted by Gasteiger charge is 2.15. The van der Waals surface area contributed by atoms with Crippen molar-refractivity contribution in [1.82, 2.24) is 10.3 Å². The number of carbonyl (C=O) groups is 2. The zero-order valence-electron chi connectivity index (χ0n) is 23.7. The third-order valence-corrected chi connectivity index (χ3v) is 6.58. The van der Waals surface area contributed by atoms with E-state index in [1.807, 2.05) is 44.2 Å². The minimum absolute atomic E-state index is 0.270. The Bertz CT molecular complexity index is 1290. The molecule has 0 atom stereocenters. The van der Waals surface area contributed by atoms with Gasteiger partial charge in [0.15, 0.2) is 0 Å². The molecule has 218 valence electrons. The van der Waals surface area contributed by atoms with E-state index in [0.717, 1.165) is 30.8 Å². The van der Waals surface area contributed by atoms with Gasteiger partial charge >= 0.3 is 0 Å². The fraction of sp³-hybridized carbons (Fsp3) is 0.323. The van der Waals surface area contributed by atoms with Crippen LogP contribution >= 0.6 is 15.9 Å². The summed E-state index contributed by atoms with van der Waals surface area (Å²) in [4.78, 5) is 28.3. The van der Waals surface area contributed by atoms with Crippen molar-refractivity contribution in [3.05, 3.63) is 93.5 Å². The summed E-state index contributed by atoms with van der Waals surface area (Å²) in [6, 6.07) is 19.8. The van der Waals surface area contributed by atoms with Gasteiger partial charge in [-0.15, -0.1) is 0 Å². The first-order valence-electron chi connectivity index (χ1n) is 13.5. The molecule has 0 fully saturated rings. The Morgan fingerprint density at radius 3 is 2.29 bits per heavy atom. The molecule has 0 bridgehead atoms. The second-order valence-corrected chi connectivity index (χ2v) is 9.90. The fourth-order valence-corrected chi connectivity index (χ4v) is 4.28. The molecule has 0 unspecified atom stereocenters. The summed E-state index contributed by atoms with van der Waals surface area (Å²) in [6.45, 7) is 8.93. The van der Waals surface area contributed by atoms with Gasteiger partial charge in [-0.2, -0.15) is 5.10 Å². The van der Waals surface area contributed by atoms with Crippen LogP contribution in [-0.4, -0.2) is 69.6 Å². The van der Waals surface area contributed by atoms with E-state index in [-0.39, 0.29) is 11.5 Å². The van der Waals surface area contributed by atoms with E-state index >= 15 is 0 Å². The molecule has 2 amide bonds. The molecule has 0 radical (unpaired) electrons. The summed E-state index contributed by atoms with van der Waals surface area (Å²) in [5, 5.41) is 6.91. The van der Waals surface area contributed by atoms with Gasteiger partial charge in [-0.1, -0.05) is 40.2 Å². The number of rotatable bonds is 16. The largest absolute Gasteiger partial charge is 0.497 e. The number of hydrogen-bond donors (Lipinski definition) is 2. The Hall–Kier alpha value is -3.57. The van der Waals surface area contributed by atoms with Gasteiger partial charge in [-0.25, -0.2) is 5.43 Å². The number of carbonyl (C=O) groups excluding carboxylic acids is 2. The van der Waals surface area contributed by atoms with E-state index in [1.54, 1.807) is 43.5 Å². The zero-order chi connectivity index (χ0) is 29.5. The number of hydrazone groups is 1. The van der Waals surface area contributed by atoms with Crippen LogP contribution in [-0.2, 0) is 16.0 Å². The molecule has 10 heteroatoms. The molecule has 9 nitrogen and oxygen atoms in total. The number of ether oxygens (including phenoxy) is 3. The molecule has 0 saturated carbocycles. The van der Waals surface area contributed by atoms with Gasteiger partial charge in [-0.05, 0) is 67.4 Å². The number of nitrogens with one attached hydrogen (secondary N) is 2. The summed E-state index contributed by atoms with van der Waals surface area (Å²) in [6.07, 6.45) is 1.52. The van der Waals surface area contributed by atoms with Crippen molar-refractivity contribution in [3.63, 3.8) is 0 Å². The average molecular weight is 626 g/mol. The molecular formula is C31H37BrN4O5. The smallest absolute Gasteiger partial charge is 0.273 e. The molecule has 0 heterocycles. The highest BCUT2D eigenvalue weighted by molar-refractivity contribution is 9.10. The standard InChI is InChI=1S/C31H37BrN4O5/c1-4-40-17-15-36(16-18-41-5-2)22-23-9-11-25(12-10-23)30(37)34-29-14-13-26(32)20-28(29)31(38)35-33-21-24-7-6-8-27(19-24)39-3/h6-14,19-21H,4-5,15-18,22H2,1-3H3,(H,34,37)(H,35,38)/b33-21+. The first-order chi connectivity index (χ1) is 19.9. The SMILES string of the molecule is CCOCCN(CCOCC)Cc1ccc(C(=O)Nc2ccc(Br)cc2C(=O)N/N=C/c2cccc(OC)c2)cc1. The summed E-state index contributed by atoms with van der Waals surface area (Å²) >= 11 is 3.40.